The minimum absolute atomic E-state index is 0.290. The molecule has 0 radical (unpaired) electrons. The monoisotopic (exact) mass is 322 g/mol. The summed E-state index contributed by atoms with van der Waals surface area (Å²) < 4.78 is 24.0. The van der Waals surface area contributed by atoms with Crippen LogP contribution in [0.25, 0.3) is 0 Å². The van der Waals surface area contributed by atoms with Gasteiger partial charge in [-0.2, -0.15) is 0 Å². The van der Waals surface area contributed by atoms with Gasteiger partial charge in [-0.15, -0.1) is 0 Å². The number of hydrogen-bond acceptors (Lipinski definition) is 2. The van der Waals surface area contributed by atoms with Crippen LogP contribution in [0.4, 0.5) is 0 Å². The lowest BCUT2D eigenvalue weighted by Gasteiger charge is -2.22. The molecule has 2 rings (SSSR count). The van der Waals surface area contributed by atoms with Gasteiger partial charge < -0.3 is 0 Å². The number of sulfone groups is 1. The van der Waals surface area contributed by atoms with Crippen LogP contribution in [0.2, 0.25) is 0 Å². The van der Waals surface area contributed by atoms with Crippen LogP contribution in [-0.2, 0) is 9.84 Å². The molecular weight excluding hydrogens is 311 g/mol. The zero-order valence-electron chi connectivity index (χ0n) is 7.83. The van der Waals surface area contributed by atoms with Gasteiger partial charge in [0, 0.05) is 3.92 Å². The highest BCUT2D eigenvalue weighted by molar-refractivity contribution is 14.1. The normalized spacial score (nSPS) is 24.3. The molecule has 1 heterocycles. The Morgan fingerprint density at radius 2 is 2.14 bits per heavy atom. The molecule has 1 aliphatic heterocycles. The summed E-state index contributed by atoms with van der Waals surface area (Å²) in [5.74, 6) is 0.290. The fourth-order valence-corrected chi connectivity index (χ4v) is 5.21. The highest BCUT2D eigenvalue weighted by Crippen LogP contribution is 2.39. The van der Waals surface area contributed by atoms with Crippen molar-refractivity contribution in [2.24, 2.45) is 0 Å². The van der Waals surface area contributed by atoms with Crippen molar-refractivity contribution in [3.8, 4) is 0 Å². The summed E-state index contributed by atoms with van der Waals surface area (Å²) in [6, 6.07) is 5.72. The van der Waals surface area contributed by atoms with Crippen molar-refractivity contribution < 1.29 is 8.42 Å². The standard InChI is InChI=1S/C10H11IO2S/c1-7-3-2-4-8-9(11)5-6-14(12,13)10(7)8/h2-4,9H,5-6H2,1H3. The van der Waals surface area contributed by atoms with Gasteiger partial charge in [0.25, 0.3) is 0 Å². The van der Waals surface area contributed by atoms with Gasteiger partial charge in [-0.3, -0.25) is 0 Å². The second kappa shape index (κ2) is 3.48. The Balaban J connectivity index is 2.77. The zero-order valence-corrected chi connectivity index (χ0v) is 10.8. The van der Waals surface area contributed by atoms with Gasteiger partial charge in [-0.1, -0.05) is 40.8 Å². The van der Waals surface area contributed by atoms with E-state index in [1.54, 1.807) is 0 Å². The summed E-state index contributed by atoms with van der Waals surface area (Å²) in [7, 11) is -3.01. The first-order chi connectivity index (χ1) is 6.52. The van der Waals surface area contributed by atoms with E-state index in [2.05, 4.69) is 22.6 Å². The fourth-order valence-electron chi connectivity index (χ4n) is 1.86. The number of benzene rings is 1. The van der Waals surface area contributed by atoms with E-state index in [-0.39, 0.29) is 0 Å². The van der Waals surface area contributed by atoms with Crippen molar-refractivity contribution in [3.63, 3.8) is 0 Å². The van der Waals surface area contributed by atoms with E-state index < -0.39 is 9.84 Å². The number of aryl methyl sites for hydroxylation is 1. The molecule has 0 aromatic heterocycles. The first-order valence-electron chi connectivity index (χ1n) is 4.49. The third kappa shape index (κ3) is 1.58. The van der Waals surface area contributed by atoms with Gasteiger partial charge in [0.2, 0.25) is 0 Å². The van der Waals surface area contributed by atoms with Crippen LogP contribution in [-0.4, -0.2) is 14.2 Å². The van der Waals surface area contributed by atoms with Crippen LogP contribution in [0.3, 0.4) is 0 Å². The number of hydrogen-bond donors (Lipinski definition) is 0. The lowest BCUT2D eigenvalue weighted by molar-refractivity contribution is 0.586. The van der Waals surface area contributed by atoms with Crippen molar-refractivity contribution in [2.75, 3.05) is 5.75 Å². The number of alkyl halides is 1. The minimum Gasteiger partial charge on any atom is -0.224 e. The average Bonchev–Trinajstić information content (AvgIpc) is 2.12. The van der Waals surface area contributed by atoms with Crippen molar-refractivity contribution >= 4 is 32.4 Å². The molecule has 1 aliphatic rings. The van der Waals surface area contributed by atoms with Crippen molar-refractivity contribution in [1.29, 1.82) is 0 Å². The smallest absolute Gasteiger partial charge is 0.179 e. The maximum Gasteiger partial charge on any atom is 0.179 e. The second-order valence-electron chi connectivity index (χ2n) is 3.57. The van der Waals surface area contributed by atoms with Gasteiger partial charge in [0.05, 0.1) is 10.6 Å². The molecule has 2 nitrogen and oxygen atoms in total. The van der Waals surface area contributed by atoms with E-state index in [1.165, 1.54) is 0 Å². The van der Waals surface area contributed by atoms with Gasteiger partial charge >= 0.3 is 0 Å². The van der Waals surface area contributed by atoms with Crippen LogP contribution in [0.1, 0.15) is 21.5 Å². The quantitative estimate of drug-likeness (QED) is 0.544. The average molecular weight is 322 g/mol. The molecule has 14 heavy (non-hydrogen) atoms. The molecular formula is C10H11IO2S. The highest BCUT2D eigenvalue weighted by atomic mass is 127. The van der Waals surface area contributed by atoms with E-state index in [0.717, 1.165) is 17.5 Å². The van der Waals surface area contributed by atoms with E-state index in [9.17, 15) is 8.42 Å². The topological polar surface area (TPSA) is 34.1 Å². The third-order valence-electron chi connectivity index (χ3n) is 2.53. The van der Waals surface area contributed by atoms with Crippen LogP contribution < -0.4 is 0 Å². The summed E-state index contributed by atoms with van der Waals surface area (Å²) in [6.45, 7) is 1.87. The summed E-state index contributed by atoms with van der Waals surface area (Å²) in [5.41, 5.74) is 1.86. The molecule has 1 atom stereocenters. The van der Waals surface area contributed by atoms with Gasteiger partial charge in [0.15, 0.2) is 9.84 Å². The van der Waals surface area contributed by atoms with Gasteiger partial charge in [0.1, 0.15) is 0 Å². The van der Waals surface area contributed by atoms with E-state index in [4.69, 9.17) is 0 Å². The van der Waals surface area contributed by atoms with Gasteiger partial charge in [-0.25, -0.2) is 8.42 Å². The molecule has 0 fully saturated rings. The molecule has 1 aromatic carbocycles. The Kier molecular flexibility index (Phi) is 2.59. The lowest BCUT2D eigenvalue weighted by Crippen LogP contribution is -2.18. The molecule has 0 bridgehead atoms. The Morgan fingerprint density at radius 1 is 1.43 bits per heavy atom. The molecule has 1 aromatic rings. The lowest BCUT2D eigenvalue weighted by atomic mass is 10.1. The van der Waals surface area contributed by atoms with Crippen LogP contribution in [0, 0.1) is 6.92 Å². The molecule has 0 aliphatic carbocycles. The predicted octanol–water partition coefficient (Wildman–Crippen LogP) is 2.65. The maximum atomic E-state index is 11.8. The second-order valence-corrected chi connectivity index (χ2v) is 7.12. The number of rotatable bonds is 0. The Labute approximate surface area is 97.8 Å². The van der Waals surface area contributed by atoms with Crippen molar-refractivity contribution in [1.82, 2.24) is 0 Å². The minimum atomic E-state index is -3.01. The Bertz CT molecular complexity index is 465. The van der Waals surface area contributed by atoms with Crippen LogP contribution >= 0.6 is 22.6 Å². The van der Waals surface area contributed by atoms with E-state index in [1.807, 2.05) is 25.1 Å². The molecule has 76 valence electrons. The van der Waals surface area contributed by atoms with Crippen molar-refractivity contribution in [2.45, 2.75) is 22.2 Å². The van der Waals surface area contributed by atoms with E-state index in [0.29, 0.717) is 14.6 Å². The van der Waals surface area contributed by atoms with Crippen LogP contribution in [0.5, 0.6) is 0 Å². The molecule has 4 heteroatoms. The Morgan fingerprint density at radius 3 is 2.79 bits per heavy atom. The molecule has 0 spiro atoms. The number of fused-ring (bicyclic) bond motifs is 1. The molecule has 0 saturated carbocycles. The zero-order chi connectivity index (χ0) is 10.3. The molecule has 0 saturated heterocycles. The summed E-state index contributed by atoms with van der Waals surface area (Å²) in [5, 5.41) is 0. The van der Waals surface area contributed by atoms with Gasteiger partial charge in [-0.05, 0) is 24.5 Å². The largest absolute Gasteiger partial charge is 0.224 e. The fraction of sp³-hybridized carbons (Fsp3) is 0.400. The molecule has 1 unspecified atom stereocenters. The molecule has 0 amide bonds. The Hall–Kier alpha value is -0.100. The highest BCUT2D eigenvalue weighted by Gasteiger charge is 2.29. The summed E-state index contributed by atoms with van der Waals surface area (Å²) in [6.07, 6.45) is 0.735. The number of halogens is 1. The molecule has 0 N–H and O–H groups in total. The maximum absolute atomic E-state index is 11.8. The first kappa shape index (κ1) is 10.4. The first-order valence-corrected chi connectivity index (χ1v) is 7.38. The predicted molar refractivity (Wildman–Crippen MR) is 64.6 cm³/mol. The SMILES string of the molecule is Cc1cccc2c1S(=O)(=O)CCC2I. The van der Waals surface area contributed by atoms with Crippen molar-refractivity contribution in [3.05, 3.63) is 29.3 Å². The summed E-state index contributed by atoms with van der Waals surface area (Å²) in [4.78, 5) is 0.575. The third-order valence-corrected chi connectivity index (χ3v) is 5.78. The van der Waals surface area contributed by atoms with E-state index >= 15 is 0 Å². The van der Waals surface area contributed by atoms with Crippen LogP contribution in [0.15, 0.2) is 23.1 Å². The summed E-state index contributed by atoms with van der Waals surface area (Å²) >= 11 is 2.32.